The van der Waals surface area contributed by atoms with Crippen molar-refractivity contribution in [1.82, 2.24) is 20.1 Å². The number of thioether (sulfide) groups is 1. The molecule has 1 atom stereocenters. The smallest absolute Gasteiger partial charge is 0.230 e. The molecule has 0 saturated carbocycles. The summed E-state index contributed by atoms with van der Waals surface area (Å²) < 4.78 is 1.94. The number of hydrogen-bond donors (Lipinski definition) is 1. The number of aryl methyl sites for hydroxylation is 1. The Balaban J connectivity index is 1.61. The van der Waals surface area contributed by atoms with Gasteiger partial charge in [0.05, 0.1) is 11.8 Å². The van der Waals surface area contributed by atoms with Crippen molar-refractivity contribution in [2.24, 2.45) is 0 Å². The SMILES string of the molecule is C=CCn1c(C)nnc1SCC(=O)NC(C)c1ccc2ccccc2c1. The average molecular weight is 366 g/mol. The summed E-state index contributed by atoms with van der Waals surface area (Å²) >= 11 is 1.39. The number of nitrogens with one attached hydrogen (secondary N) is 1. The fraction of sp³-hybridized carbons (Fsp3) is 0.250. The topological polar surface area (TPSA) is 59.8 Å². The van der Waals surface area contributed by atoms with E-state index in [4.69, 9.17) is 0 Å². The fourth-order valence-electron chi connectivity index (χ4n) is 2.78. The quantitative estimate of drug-likeness (QED) is 0.509. The lowest BCUT2D eigenvalue weighted by molar-refractivity contribution is -0.119. The molecule has 2 aromatic carbocycles. The lowest BCUT2D eigenvalue weighted by Crippen LogP contribution is -2.28. The zero-order chi connectivity index (χ0) is 18.5. The van der Waals surface area contributed by atoms with E-state index in [1.54, 1.807) is 6.08 Å². The van der Waals surface area contributed by atoms with Crippen molar-refractivity contribution in [1.29, 1.82) is 0 Å². The van der Waals surface area contributed by atoms with Gasteiger partial charge in [0.1, 0.15) is 5.82 Å². The van der Waals surface area contributed by atoms with Gasteiger partial charge in [-0.1, -0.05) is 54.2 Å². The molecule has 0 fully saturated rings. The Morgan fingerprint density at radius 1 is 1.27 bits per heavy atom. The van der Waals surface area contributed by atoms with Crippen molar-refractivity contribution < 1.29 is 4.79 Å². The summed E-state index contributed by atoms with van der Waals surface area (Å²) in [6.45, 7) is 8.27. The second-order valence-electron chi connectivity index (χ2n) is 6.11. The Bertz CT molecular complexity index is 934. The third kappa shape index (κ3) is 4.14. The van der Waals surface area contributed by atoms with E-state index in [0.29, 0.717) is 12.3 Å². The molecule has 0 aliphatic heterocycles. The Kier molecular flexibility index (Phi) is 5.73. The summed E-state index contributed by atoms with van der Waals surface area (Å²) in [5, 5.41) is 14.3. The van der Waals surface area contributed by atoms with Crippen LogP contribution in [0.1, 0.15) is 24.4 Å². The molecule has 134 valence electrons. The number of allylic oxidation sites excluding steroid dienone is 1. The van der Waals surface area contributed by atoms with Crippen molar-refractivity contribution in [2.45, 2.75) is 31.6 Å². The zero-order valence-corrected chi connectivity index (χ0v) is 15.8. The number of amides is 1. The van der Waals surface area contributed by atoms with Crippen LogP contribution in [-0.2, 0) is 11.3 Å². The van der Waals surface area contributed by atoms with Gasteiger partial charge in [-0.2, -0.15) is 0 Å². The molecule has 1 N–H and O–H groups in total. The molecule has 1 amide bonds. The van der Waals surface area contributed by atoms with E-state index < -0.39 is 0 Å². The summed E-state index contributed by atoms with van der Waals surface area (Å²) in [4.78, 5) is 12.3. The molecule has 0 aliphatic carbocycles. The molecule has 0 radical (unpaired) electrons. The van der Waals surface area contributed by atoms with Crippen LogP contribution in [0, 0.1) is 6.92 Å². The highest BCUT2D eigenvalue weighted by atomic mass is 32.2. The molecular weight excluding hydrogens is 344 g/mol. The molecule has 3 aromatic rings. The molecule has 6 heteroatoms. The molecule has 0 saturated heterocycles. The van der Waals surface area contributed by atoms with Crippen molar-refractivity contribution in [3.63, 3.8) is 0 Å². The van der Waals surface area contributed by atoms with Crippen LogP contribution >= 0.6 is 11.8 Å². The Hall–Kier alpha value is -2.60. The highest BCUT2D eigenvalue weighted by Crippen LogP contribution is 2.21. The molecule has 26 heavy (non-hydrogen) atoms. The van der Waals surface area contributed by atoms with Crippen LogP contribution in [0.15, 0.2) is 60.3 Å². The molecule has 1 unspecified atom stereocenters. The standard InChI is InChI=1S/C20H22N4OS/c1-4-11-24-15(3)22-23-20(24)26-13-19(25)21-14(2)17-10-9-16-7-5-6-8-18(16)12-17/h4-10,12,14H,1,11,13H2,2-3H3,(H,21,25). The van der Waals surface area contributed by atoms with Gasteiger partial charge >= 0.3 is 0 Å². The minimum atomic E-state index is -0.0551. The third-order valence-corrected chi connectivity index (χ3v) is 5.16. The first kappa shape index (κ1) is 18.2. The summed E-state index contributed by atoms with van der Waals surface area (Å²) in [5.41, 5.74) is 1.09. The molecule has 0 bridgehead atoms. The number of rotatable bonds is 7. The largest absolute Gasteiger partial charge is 0.349 e. The van der Waals surface area contributed by atoms with Crippen LogP contribution in [0.4, 0.5) is 0 Å². The van der Waals surface area contributed by atoms with Gasteiger partial charge in [-0.3, -0.25) is 4.79 Å². The molecular formula is C20H22N4OS. The van der Waals surface area contributed by atoms with Gasteiger partial charge in [0, 0.05) is 6.54 Å². The summed E-state index contributed by atoms with van der Waals surface area (Å²) in [5.74, 6) is 1.09. The van der Waals surface area contributed by atoms with Gasteiger partial charge in [0.25, 0.3) is 0 Å². The zero-order valence-electron chi connectivity index (χ0n) is 15.0. The number of carbonyl (C=O) groups is 1. The van der Waals surface area contributed by atoms with E-state index in [1.807, 2.05) is 30.5 Å². The van der Waals surface area contributed by atoms with E-state index >= 15 is 0 Å². The molecule has 0 spiro atoms. The summed E-state index contributed by atoms with van der Waals surface area (Å²) in [6.07, 6.45) is 1.79. The monoisotopic (exact) mass is 366 g/mol. The molecule has 5 nitrogen and oxygen atoms in total. The Morgan fingerprint density at radius 3 is 2.81 bits per heavy atom. The molecule has 0 aliphatic rings. The van der Waals surface area contributed by atoms with Gasteiger partial charge in [-0.05, 0) is 36.2 Å². The minimum absolute atomic E-state index is 0.0264. The van der Waals surface area contributed by atoms with E-state index in [2.05, 4.69) is 52.4 Å². The molecule has 1 heterocycles. The number of aromatic nitrogens is 3. The first-order valence-electron chi connectivity index (χ1n) is 8.50. The first-order valence-corrected chi connectivity index (χ1v) is 9.48. The van der Waals surface area contributed by atoms with Crippen LogP contribution in [0.5, 0.6) is 0 Å². The predicted octanol–water partition coefficient (Wildman–Crippen LogP) is 3.90. The van der Waals surface area contributed by atoms with E-state index in [9.17, 15) is 4.79 Å². The van der Waals surface area contributed by atoms with Gasteiger partial charge in [0.2, 0.25) is 5.91 Å². The van der Waals surface area contributed by atoms with Crippen LogP contribution in [0.25, 0.3) is 10.8 Å². The second-order valence-corrected chi connectivity index (χ2v) is 7.06. The maximum Gasteiger partial charge on any atom is 0.230 e. The highest BCUT2D eigenvalue weighted by Gasteiger charge is 2.13. The molecule has 1 aromatic heterocycles. The van der Waals surface area contributed by atoms with E-state index in [1.165, 1.54) is 22.5 Å². The molecule has 3 rings (SSSR count). The average Bonchev–Trinajstić information content (AvgIpc) is 3.00. The summed E-state index contributed by atoms with van der Waals surface area (Å²) in [7, 11) is 0. The minimum Gasteiger partial charge on any atom is -0.349 e. The number of carbonyl (C=O) groups excluding carboxylic acids is 1. The van der Waals surface area contributed by atoms with Crippen molar-refractivity contribution in [3.05, 3.63) is 66.5 Å². The Labute approximate surface area is 157 Å². The first-order chi connectivity index (χ1) is 12.6. The van der Waals surface area contributed by atoms with Crippen molar-refractivity contribution in [3.8, 4) is 0 Å². The Morgan fingerprint density at radius 2 is 2.04 bits per heavy atom. The summed E-state index contributed by atoms with van der Waals surface area (Å²) in [6, 6.07) is 14.4. The highest BCUT2D eigenvalue weighted by molar-refractivity contribution is 7.99. The lowest BCUT2D eigenvalue weighted by atomic mass is 10.0. The number of fused-ring (bicyclic) bond motifs is 1. The van der Waals surface area contributed by atoms with Crippen molar-refractivity contribution >= 4 is 28.4 Å². The van der Waals surface area contributed by atoms with E-state index in [-0.39, 0.29) is 11.9 Å². The lowest BCUT2D eigenvalue weighted by Gasteiger charge is -2.15. The van der Waals surface area contributed by atoms with Crippen molar-refractivity contribution in [2.75, 3.05) is 5.75 Å². The van der Waals surface area contributed by atoms with Crippen LogP contribution in [0.2, 0.25) is 0 Å². The van der Waals surface area contributed by atoms with Crippen LogP contribution in [0.3, 0.4) is 0 Å². The third-order valence-electron chi connectivity index (χ3n) is 4.20. The number of nitrogens with zero attached hydrogens (tertiary/aromatic N) is 3. The number of hydrogen-bond acceptors (Lipinski definition) is 4. The predicted molar refractivity (Wildman–Crippen MR) is 106 cm³/mol. The van der Waals surface area contributed by atoms with Gasteiger partial charge in [0.15, 0.2) is 5.16 Å². The maximum absolute atomic E-state index is 12.3. The normalized spacial score (nSPS) is 12.1. The maximum atomic E-state index is 12.3. The van der Waals surface area contributed by atoms with Gasteiger partial charge < -0.3 is 9.88 Å². The van der Waals surface area contributed by atoms with Gasteiger partial charge in [-0.15, -0.1) is 16.8 Å². The van der Waals surface area contributed by atoms with Crippen LogP contribution in [-0.4, -0.2) is 26.4 Å². The number of benzene rings is 2. The second kappa shape index (κ2) is 8.19. The van der Waals surface area contributed by atoms with E-state index in [0.717, 1.165) is 16.5 Å². The van der Waals surface area contributed by atoms with Crippen LogP contribution < -0.4 is 5.32 Å². The van der Waals surface area contributed by atoms with Gasteiger partial charge in [-0.25, -0.2) is 0 Å². The fourth-order valence-corrected chi connectivity index (χ4v) is 3.59.